The third-order valence-electron chi connectivity index (χ3n) is 2.99. The van der Waals surface area contributed by atoms with Crippen molar-refractivity contribution in [2.45, 2.75) is 6.61 Å². The van der Waals surface area contributed by atoms with Gasteiger partial charge in [-0.2, -0.15) is 0 Å². The van der Waals surface area contributed by atoms with Gasteiger partial charge >= 0.3 is 0 Å². The highest BCUT2D eigenvalue weighted by Crippen LogP contribution is 2.41. The van der Waals surface area contributed by atoms with Gasteiger partial charge in [-0.25, -0.2) is 0 Å². The third kappa shape index (κ3) is 2.11. The van der Waals surface area contributed by atoms with E-state index in [1.807, 2.05) is 30.3 Å². The molecule has 3 rings (SSSR count). The molecule has 96 valence electrons. The molecule has 0 atom stereocenters. The molecular formula is C14H9BrClNO2. The van der Waals surface area contributed by atoms with Gasteiger partial charge in [0.25, 0.3) is 0 Å². The van der Waals surface area contributed by atoms with Gasteiger partial charge in [0, 0.05) is 10.0 Å². The van der Waals surface area contributed by atoms with Crippen LogP contribution in [0.15, 0.2) is 40.9 Å². The van der Waals surface area contributed by atoms with Crippen molar-refractivity contribution in [2.24, 2.45) is 0 Å². The Bertz CT molecular complexity index is 660. The SMILES string of the molecule is O=CN1c2cc(Cl)c(Br)cc2COc2ccccc21. The van der Waals surface area contributed by atoms with Crippen LogP contribution in [0, 0.1) is 0 Å². The first kappa shape index (κ1) is 12.5. The number of carbonyl (C=O) groups excluding carboxylic acids is 1. The van der Waals surface area contributed by atoms with Crippen LogP contribution in [0.25, 0.3) is 0 Å². The molecule has 0 fully saturated rings. The van der Waals surface area contributed by atoms with E-state index in [0.717, 1.165) is 27.8 Å². The fourth-order valence-electron chi connectivity index (χ4n) is 2.09. The van der Waals surface area contributed by atoms with Crippen LogP contribution in [0.1, 0.15) is 5.56 Å². The first-order chi connectivity index (χ1) is 9.20. The van der Waals surface area contributed by atoms with Crippen LogP contribution in [0.4, 0.5) is 11.4 Å². The number of benzene rings is 2. The molecule has 2 aromatic rings. The number of para-hydroxylation sites is 2. The zero-order valence-corrected chi connectivity index (χ0v) is 12.1. The molecule has 19 heavy (non-hydrogen) atoms. The smallest absolute Gasteiger partial charge is 0.218 e. The topological polar surface area (TPSA) is 29.5 Å². The Morgan fingerprint density at radius 3 is 2.84 bits per heavy atom. The van der Waals surface area contributed by atoms with E-state index in [9.17, 15) is 4.79 Å². The van der Waals surface area contributed by atoms with Crippen LogP contribution in [-0.4, -0.2) is 6.41 Å². The predicted octanol–water partition coefficient (Wildman–Crippen LogP) is 4.29. The molecule has 0 spiro atoms. The van der Waals surface area contributed by atoms with Crippen molar-refractivity contribution in [3.63, 3.8) is 0 Å². The number of hydrogen-bond acceptors (Lipinski definition) is 2. The molecule has 0 saturated carbocycles. The maximum Gasteiger partial charge on any atom is 0.218 e. The number of halogens is 2. The first-order valence-corrected chi connectivity index (χ1v) is 6.82. The zero-order valence-electron chi connectivity index (χ0n) is 9.77. The Hall–Kier alpha value is -1.52. The minimum atomic E-state index is 0.395. The number of hydrogen-bond donors (Lipinski definition) is 0. The van der Waals surface area contributed by atoms with Crippen LogP contribution >= 0.6 is 27.5 Å². The van der Waals surface area contributed by atoms with E-state index in [-0.39, 0.29) is 0 Å². The number of anilines is 2. The summed E-state index contributed by atoms with van der Waals surface area (Å²) in [5, 5.41) is 0.560. The van der Waals surface area contributed by atoms with E-state index in [2.05, 4.69) is 15.9 Å². The van der Waals surface area contributed by atoms with Crippen molar-refractivity contribution >= 4 is 45.3 Å². The highest BCUT2D eigenvalue weighted by molar-refractivity contribution is 9.10. The molecule has 0 aliphatic carbocycles. The predicted molar refractivity (Wildman–Crippen MR) is 78.1 cm³/mol. The normalized spacial score (nSPS) is 13.1. The number of amides is 1. The van der Waals surface area contributed by atoms with Crippen molar-refractivity contribution in [3.05, 3.63) is 51.5 Å². The van der Waals surface area contributed by atoms with Gasteiger partial charge < -0.3 is 4.74 Å². The van der Waals surface area contributed by atoms with Crippen LogP contribution in [0.5, 0.6) is 5.75 Å². The van der Waals surface area contributed by atoms with Crippen LogP contribution < -0.4 is 9.64 Å². The lowest BCUT2D eigenvalue weighted by Gasteiger charge is -2.18. The molecule has 0 saturated heterocycles. The largest absolute Gasteiger partial charge is 0.487 e. The van der Waals surface area contributed by atoms with Crippen molar-refractivity contribution in [1.82, 2.24) is 0 Å². The molecule has 0 unspecified atom stereocenters. The summed E-state index contributed by atoms with van der Waals surface area (Å²) < 4.78 is 6.52. The van der Waals surface area contributed by atoms with Crippen LogP contribution in [0.3, 0.4) is 0 Å². The zero-order chi connectivity index (χ0) is 13.4. The standard InChI is InChI=1S/C14H9BrClNO2/c15-10-5-9-7-19-14-4-2-1-3-12(14)17(8-18)13(9)6-11(10)16/h1-6,8H,7H2. The molecule has 1 aliphatic heterocycles. The lowest BCUT2D eigenvalue weighted by Crippen LogP contribution is -2.14. The number of carbonyl (C=O) groups is 1. The fourth-order valence-corrected chi connectivity index (χ4v) is 2.64. The quantitative estimate of drug-likeness (QED) is 0.726. The minimum Gasteiger partial charge on any atom is -0.487 e. The van der Waals surface area contributed by atoms with E-state index >= 15 is 0 Å². The molecule has 0 bridgehead atoms. The molecular weight excluding hydrogens is 330 g/mol. The van der Waals surface area contributed by atoms with Crippen molar-refractivity contribution in [2.75, 3.05) is 4.90 Å². The number of nitrogens with zero attached hydrogens (tertiary/aromatic N) is 1. The molecule has 0 radical (unpaired) electrons. The van der Waals surface area contributed by atoms with Gasteiger partial charge in [0.05, 0.1) is 16.4 Å². The summed E-state index contributed by atoms with van der Waals surface area (Å²) in [6, 6.07) is 11.1. The second-order valence-corrected chi connectivity index (χ2v) is 5.39. The van der Waals surface area contributed by atoms with Crippen LogP contribution in [-0.2, 0) is 11.4 Å². The van der Waals surface area contributed by atoms with Gasteiger partial charge in [-0.3, -0.25) is 9.69 Å². The maximum atomic E-state index is 11.4. The van der Waals surface area contributed by atoms with Gasteiger partial charge in [0.2, 0.25) is 6.41 Å². The summed E-state index contributed by atoms with van der Waals surface area (Å²) in [4.78, 5) is 13.0. The lowest BCUT2D eigenvalue weighted by atomic mass is 10.1. The summed E-state index contributed by atoms with van der Waals surface area (Å²) in [5.41, 5.74) is 2.36. The average Bonchev–Trinajstić information content (AvgIpc) is 2.56. The van der Waals surface area contributed by atoms with E-state index in [1.165, 1.54) is 0 Å². The molecule has 1 aliphatic rings. The minimum absolute atomic E-state index is 0.395. The Morgan fingerprint density at radius 2 is 2.05 bits per heavy atom. The average molecular weight is 339 g/mol. The Balaban J connectivity index is 2.23. The van der Waals surface area contributed by atoms with E-state index in [0.29, 0.717) is 17.4 Å². The monoisotopic (exact) mass is 337 g/mol. The molecule has 3 nitrogen and oxygen atoms in total. The van der Waals surface area contributed by atoms with Gasteiger partial charge in [0.15, 0.2) is 0 Å². The van der Waals surface area contributed by atoms with Gasteiger partial charge in [-0.1, -0.05) is 23.7 Å². The molecule has 1 amide bonds. The Morgan fingerprint density at radius 1 is 1.26 bits per heavy atom. The van der Waals surface area contributed by atoms with Crippen molar-refractivity contribution in [1.29, 1.82) is 0 Å². The number of rotatable bonds is 1. The van der Waals surface area contributed by atoms with E-state index in [1.54, 1.807) is 11.0 Å². The fraction of sp³-hybridized carbons (Fsp3) is 0.0714. The van der Waals surface area contributed by atoms with Gasteiger partial charge in [-0.05, 0) is 40.2 Å². The molecule has 1 heterocycles. The van der Waals surface area contributed by atoms with Gasteiger partial charge in [-0.15, -0.1) is 0 Å². The van der Waals surface area contributed by atoms with E-state index < -0.39 is 0 Å². The summed E-state index contributed by atoms with van der Waals surface area (Å²) in [5.74, 6) is 0.679. The Labute approximate surface area is 123 Å². The van der Waals surface area contributed by atoms with Gasteiger partial charge in [0.1, 0.15) is 12.4 Å². The number of fused-ring (bicyclic) bond motifs is 2. The number of ether oxygens (including phenoxy) is 1. The highest BCUT2D eigenvalue weighted by atomic mass is 79.9. The van der Waals surface area contributed by atoms with Crippen molar-refractivity contribution in [3.8, 4) is 5.75 Å². The second kappa shape index (κ2) is 4.87. The maximum absolute atomic E-state index is 11.4. The lowest BCUT2D eigenvalue weighted by molar-refractivity contribution is -0.106. The van der Waals surface area contributed by atoms with E-state index in [4.69, 9.17) is 16.3 Å². The highest BCUT2D eigenvalue weighted by Gasteiger charge is 2.22. The molecule has 0 aromatic heterocycles. The molecule has 0 N–H and O–H groups in total. The summed E-state index contributed by atoms with van der Waals surface area (Å²) in [6.07, 6.45) is 0.774. The second-order valence-electron chi connectivity index (χ2n) is 4.13. The Kier molecular flexibility index (Phi) is 3.21. The summed E-state index contributed by atoms with van der Waals surface area (Å²) in [7, 11) is 0. The third-order valence-corrected chi connectivity index (χ3v) is 4.19. The molecule has 2 aromatic carbocycles. The van der Waals surface area contributed by atoms with Crippen LogP contribution in [0.2, 0.25) is 5.02 Å². The summed E-state index contributed by atoms with van der Waals surface area (Å²) >= 11 is 9.50. The molecule has 5 heteroatoms. The summed E-state index contributed by atoms with van der Waals surface area (Å²) in [6.45, 7) is 0.395. The van der Waals surface area contributed by atoms with Crippen molar-refractivity contribution < 1.29 is 9.53 Å². The first-order valence-electron chi connectivity index (χ1n) is 5.65.